The molecule has 30 heavy (non-hydrogen) atoms. The van der Waals surface area contributed by atoms with Crippen LogP contribution in [0.15, 0.2) is 0 Å². The van der Waals surface area contributed by atoms with Crippen molar-refractivity contribution in [1.82, 2.24) is 5.32 Å². The van der Waals surface area contributed by atoms with E-state index < -0.39 is 17.5 Å². The maximum absolute atomic E-state index is 11.7. The van der Waals surface area contributed by atoms with Gasteiger partial charge in [0.25, 0.3) is 0 Å². The van der Waals surface area contributed by atoms with Gasteiger partial charge in [0.15, 0.2) is 0 Å². The summed E-state index contributed by atoms with van der Waals surface area (Å²) in [7, 11) is 1.41. The Hall–Kier alpha value is -2.12. The summed E-state index contributed by atoms with van der Waals surface area (Å²) in [6, 6.07) is 0. The van der Waals surface area contributed by atoms with Crippen molar-refractivity contribution in [2.75, 3.05) is 20.3 Å². The summed E-state index contributed by atoms with van der Waals surface area (Å²) in [5.41, 5.74) is -0.900. The van der Waals surface area contributed by atoms with Crippen LogP contribution in [0.3, 0.4) is 0 Å². The molecule has 0 rings (SSSR count). The molecule has 0 aromatic heterocycles. The highest BCUT2D eigenvalue weighted by molar-refractivity contribution is 5.74. The van der Waals surface area contributed by atoms with Gasteiger partial charge >= 0.3 is 17.9 Å². The number of carbonyl (C=O) groups is 4. The van der Waals surface area contributed by atoms with Crippen molar-refractivity contribution in [3.8, 4) is 0 Å². The van der Waals surface area contributed by atoms with Crippen molar-refractivity contribution in [3.05, 3.63) is 0 Å². The maximum atomic E-state index is 11.7. The molecular formula is C22H39NO7. The summed E-state index contributed by atoms with van der Waals surface area (Å²) in [5.74, 6) is -1.30. The van der Waals surface area contributed by atoms with Crippen LogP contribution in [-0.2, 0) is 33.4 Å². The molecule has 0 saturated carbocycles. The molecule has 0 heterocycles. The molecule has 0 unspecified atom stereocenters. The van der Waals surface area contributed by atoms with E-state index in [1.807, 2.05) is 0 Å². The average molecular weight is 430 g/mol. The van der Waals surface area contributed by atoms with Gasteiger partial charge in [-0.2, -0.15) is 0 Å². The molecule has 174 valence electrons. The molecule has 0 bridgehead atoms. The van der Waals surface area contributed by atoms with Crippen LogP contribution >= 0.6 is 0 Å². The normalized spacial score (nSPS) is 10.9. The number of unbranched alkanes of at least 4 members (excludes halogenated alkanes) is 8. The summed E-state index contributed by atoms with van der Waals surface area (Å²) < 4.78 is 14.9. The summed E-state index contributed by atoms with van der Waals surface area (Å²) in [4.78, 5) is 45.2. The Morgan fingerprint density at radius 1 is 0.700 bits per heavy atom. The fourth-order valence-electron chi connectivity index (χ4n) is 3.25. The Morgan fingerprint density at radius 2 is 1.13 bits per heavy atom. The highest BCUT2D eigenvalue weighted by atomic mass is 16.5. The van der Waals surface area contributed by atoms with Crippen LogP contribution in [0.4, 0.5) is 0 Å². The quantitative estimate of drug-likeness (QED) is 0.214. The van der Waals surface area contributed by atoms with Gasteiger partial charge < -0.3 is 19.5 Å². The van der Waals surface area contributed by atoms with Crippen LogP contribution in [0, 0.1) is 0 Å². The third kappa shape index (κ3) is 15.8. The molecule has 0 aliphatic rings. The van der Waals surface area contributed by atoms with Gasteiger partial charge in [0.1, 0.15) is 18.8 Å². The van der Waals surface area contributed by atoms with Gasteiger partial charge in [-0.3, -0.25) is 19.2 Å². The predicted octanol–water partition coefficient (Wildman–Crippen LogP) is 3.45. The molecule has 0 aromatic rings. The number of nitrogens with one attached hydrogen (secondary N) is 1. The monoisotopic (exact) mass is 429 g/mol. The van der Waals surface area contributed by atoms with Gasteiger partial charge in [0.2, 0.25) is 5.91 Å². The van der Waals surface area contributed by atoms with E-state index in [1.54, 1.807) is 0 Å². The van der Waals surface area contributed by atoms with Crippen molar-refractivity contribution in [3.63, 3.8) is 0 Å². The van der Waals surface area contributed by atoms with Crippen LogP contribution in [-0.4, -0.2) is 49.7 Å². The minimum absolute atomic E-state index is 0.0270. The van der Waals surface area contributed by atoms with Gasteiger partial charge in [0, 0.05) is 27.2 Å². The minimum atomic E-state index is -0.900. The van der Waals surface area contributed by atoms with Crippen LogP contribution in [0.1, 0.15) is 91.4 Å². The van der Waals surface area contributed by atoms with E-state index in [-0.39, 0.29) is 25.1 Å². The smallest absolute Gasteiger partial charge is 0.305 e. The molecular weight excluding hydrogens is 390 g/mol. The number of carbonyl (C=O) groups excluding carboxylic acids is 4. The number of ether oxygens (including phenoxy) is 3. The van der Waals surface area contributed by atoms with Crippen molar-refractivity contribution in [2.24, 2.45) is 0 Å². The summed E-state index contributed by atoms with van der Waals surface area (Å²) in [6.07, 6.45) is 10.4. The van der Waals surface area contributed by atoms with Gasteiger partial charge in [0.05, 0.1) is 7.11 Å². The first kappa shape index (κ1) is 27.9. The Bertz CT molecular complexity index is 516. The SMILES string of the molecule is COC(=O)CCCCCCCCCCCC(COC(C)=O)(COC(C)=O)NC(C)=O. The standard InChI is InChI=1S/C22H39NO7/c1-18(24)23-22(16-29-19(2)25,17-30-20(3)26)15-13-11-9-7-5-6-8-10-12-14-21(27)28-4/h5-17H2,1-4H3,(H,23,24). The van der Waals surface area contributed by atoms with Crippen molar-refractivity contribution in [2.45, 2.75) is 96.9 Å². The van der Waals surface area contributed by atoms with Gasteiger partial charge in [-0.25, -0.2) is 0 Å². The fraction of sp³-hybridized carbons (Fsp3) is 0.818. The minimum Gasteiger partial charge on any atom is -0.469 e. The van der Waals surface area contributed by atoms with Crippen LogP contribution < -0.4 is 5.32 Å². The highest BCUT2D eigenvalue weighted by Crippen LogP contribution is 2.19. The predicted molar refractivity (Wildman–Crippen MR) is 113 cm³/mol. The molecule has 1 amide bonds. The zero-order chi connectivity index (χ0) is 22.8. The third-order valence-corrected chi connectivity index (χ3v) is 4.81. The number of hydrogen-bond donors (Lipinski definition) is 1. The Balaban J connectivity index is 4.21. The van der Waals surface area contributed by atoms with Crippen molar-refractivity contribution < 1.29 is 33.4 Å². The van der Waals surface area contributed by atoms with E-state index in [0.29, 0.717) is 12.8 Å². The lowest BCUT2D eigenvalue weighted by Crippen LogP contribution is -2.55. The number of rotatable bonds is 17. The first-order chi connectivity index (χ1) is 14.2. The maximum Gasteiger partial charge on any atom is 0.305 e. The zero-order valence-corrected chi connectivity index (χ0v) is 19.1. The second-order valence-corrected chi connectivity index (χ2v) is 7.78. The molecule has 0 radical (unpaired) electrons. The molecule has 0 aliphatic carbocycles. The number of hydrogen-bond acceptors (Lipinski definition) is 7. The van der Waals surface area contributed by atoms with Crippen molar-refractivity contribution >= 4 is 23.8 Å². The van der Waals surface area contributed by atoms with Crippen molar-refractivity contribution in [1.29, 1.82) is 0 Å². The van der Waals surface area contributed by atoms with Crippen LogP contribution in [0.5, 0.6) is 0 Å². The van der Waals surface area contributed by atoms with Crippen LogP contribution in [0.25, 0.3) is 0 Å². The number of esters is 3. The van der Waals surface area contributed by atoms with Crippen LogP contribution in [0.2, 0.25) is 0 Å². The summed E-state index contributed by atoms with van der Waals surface area (Å²) in [5, 5.41) is 2.82. The van der Waals surface area contributed by atoms with E-state index in [4.69, 9.17) is 9.47 Å². The first-order valence-corrected chi connectivity index (χ1v) is 10.8. The summed E-state index contributed by atoms with van der Waals surface area (Å²) in [6.45, 7) is 3.95. The Kier molecular flexibility index (Phi) is 15.5. The second-order valence-electron chi connectivity index (χ2n) is 7.78. The van der Waals surface area contributed by atoms with E-state index in [2.05, 4.69) is 10.1 Å². The first-order valence-electron chi connectivity index (χ1n) is 10.8. The molecule has 1 N–H and O–H groups in total. The van der Waals surface area contributed by atoms with Gasteiger partial charge in [-0.15, -0.1) is 0 Å². The zero-order valence-electron chi connectivity index (χ0n) is 19.1. The van der Waals surface area contributed by atoms with E-state index in [1.165, 1.54) is 27.9 Å². The summed E-state index contributed by atoms with van der Waals surface area (Å²) >= 11 is 0. The Labute approximate surface area is 180 Å². The fourth-order valence-corrected chi connectivity index (χ4v) is 3.25. The van der Waals surface area contributed by atoms with E-state index >= 15 is 0 Å². The lowest BCUT2D eigenvalue weighted by molar-refractivity contribution is -0.150. The molecule has 0 saturated heterocycles. The highest BCUT2D eigenvalue weighted by Gasteiger charge is 2.33. The molecule has 8 heteroatoms. The van der Waals surface area contributed by atoms with Gasteiger partial charge in [-0.1, -0.05) is 51.4 Å². The molecule has 8 nitrogen and oxygen atoms in total. The Morgan fingerprint density at radius 3 is 1.53 bits per heavy atom. The molecule has 0 fully saturated rings. The number of amides is 1. The van der Waals surface area contributed by atoms with E-state index in [9.17, 15) is 19.2 Å². The lowest BCUT2D eigenvalue weighted by atomic mass is 9.92. The average Bonchev–Trinajstić information content (AvgIpc) is 2.68. The molecule has 0 aliphatic heterocycles. The molecule has 0 atom stereocenters. The molecule has 0 spiro atoms. The molecule has 0 aromatic carbocycles. The lowest BCUT2D eigenvalue weighted by Gasteiger charge is -2.33. The third-order valence-electron chi connectivity index (χ3n) is 4.81. The number of methoxy groups -OCH3 is 1. The largest absolute Gasteiger partial charge is 0.469 e. The van der Waals surface area contributed by atoms with E-state index in [0.717, 1.165) is 57.8 Å². The van der Waals surface area contributed by atoms with Gasteiger partial charge in [-0.05, 0) is 12.8 Å². The topological polar surface area (TPSA) is 108 Å². The second kappa shape index (κ2) is 16.7.